The van der Waals surface area contributed by atoms with Crippen LogP contribution in [0.15, 0.2) is 42.5 Å². The van der Waals surface area contributed by atoms with Gasteiger partial charge in [-0.05, 0) is 63.1 Å². The second-order valence-electron chi connectivity index (χ2n) is 9.20. The van der Waals surface area contributed by atoms with E-state index in [-0.39, 0.29) is 7.43 Å². The lowest BCUT2D eigenvalue weighted by Crippen LogP contribution is -2.47. The minimum Gasteiger partial charge on any atom is -0.382 e. The van der Waals surface area contributed by atoms with Gasteiger partial charge in [-0.2, -0.15) is 0 Å². The number of likely N-dealkylation sites (tertiary alicyclic amines) is 1. The summed E-state index contributed by atoms with van der Waals surface area (Å²) in [7, 11) is 0. The van der Waals surface area contributed by atoms with Gasteiger partial charge in [-0.25, -0.2) is 0 Å². The van der Waals surface area contributed by atoms with E-state index in [9.17, 15) is 4.79 Å². The highest BCUT2D eigenvalue weighted by molar-refractivity contribution is 6.42. The first-order valence-corrected chi connectivity index (χ1v) is 12.8. The molecule has 0 aliphatic carbocycles. The van der Waals surface area contributed by atoms with Crippen molar-refractivity contribution >= 4 is 40.5 Å². The predicted octanol–water partition coefficient (Wildman–Crippen LogP) is 5.94. The standard InChI is InChI=1S/C26H34Cl2N4O.CH4/c1-20-4-7-23(8-5-20)31-17-15-30(16-18-31)12-2-3-26(33)32-13-10-21(11-14-32)29-22-6-9-24(27)25(28)19-22;/h4-9,19,21,29H,2-3,10-18H2,1H3;1H4. The molecule has 7 heteroatoms. The third-order valence-electron chi connectivity index (χ3n) is 6.77. The number of halogens is 2. The summed E-state index contributed by atoms with van der Waals surface area (Å²) >= 11 is 12.1. The average molecular weight is 506 g/mol. The Morgan fingerprint density at radius 2 is 1.62 bits per heavy atom. The smallest absolute Gasteiger partial charge is 0.222 e. The van der Waals surface area contributed by atoms with Gasteiger partial charge in [0.1, 0.15) is 0 Å². The Balaban J connectivity index is 0.00000324. The fraction of sp³-hybridized carbons (Fsp3) is 0.519. The molecule has 0 atom stereocenters. The summed E-state index contributed by atoms with van der Waals surface area (Å²) < 4.78 is 0. The minimum absolute atomic E-state index is 0. The van der Waals surface area contributed by atoms with E-state index in [0.717, 1.165) is 70.8 Å². The monoisotopic (exact) mass is 504 g/mol. The number of anilines is 2. The van der Waals surface area contributed by atoms with Crippen LogP contribution in [0.2, 0.25) is 10.0 Å². The molecule has 2 heterocycles. The van der Waals surface area contributed by atoms with Gasteiger partial charge in [-0.3, -0.25) is 9.69 Å². The van der Waals surface area contributed by atoms with E-state index in [1.807, 2.05) is 23.1 Å². The lowest BCUT2D eigenvalue weighted by atomic mass is 10.0. The molecule has 2 aromatic carbocycles. The molecule has 1 N–H and O–H groups in total. The summed E-state index contributed by atoms with van der Waals surface area (Å²) in [4.78, 5) is 19.7. The Morgan fingerprint density at radius 1 is 0.941 bits per heavy atom. The van der Waals surface area contributed by atoms with Crippen LogP contribution in [0.4, 0.5) is 11.4 Å². The zero-order valence-corrected chi connectivity index (χ0v) is 20.9. The molecule has 2 fully saturated rings. The second kappa shape index (κ2) is 12.7. The van der Waals surface area contributed by atoms with Gasteiger partial charge in [0.2, 0.25) is 5.91 Å². The van der Waals surface area contributed by atoms with E-state index >= 15 is 0 Å². The van der Waals surface area contributed by atoms with Crippen LogP contribution in [0.5, 0.6) is 0 Å². The van der Waals surface area contributed by atoms with E-state index in [0.29, 0.717) is 28.4 Å². The van der Waals surface area contributed by atoms with Crippen molar-refractivity contribution in [1.29, 1.82) is 0 Å². The number of nitrogens with zero attached hydrogens (tertiary/aromatic N) is 3. The van der Waals surface area contributed by atoms with Gasteiger partial charge in [-0.15, -0.1) is 0 Å². The number of aryl methyl sites for hydroxylation is 1. The van der Waals surface area contributed by atoms with Crippen molar-refractivity contribution in [3.05, 3.63) is 58.1 Å². The van der Waals surface area contributed by atoms with Crippen molar-refractivity contribution in [3.8, 4) is 0 Å². The third-order valence-corrected chi connectivity index (χ3v) is 7.51. The first-order valence-electron chi connectivity index (χ1n) is 12.0. The predicted molar refractivity (Wildman–Crippen MR) is 145 cm³/mol. The Labute approximate surface area is 215 Å². The number of rotatable bonds is 7. The third kappa shape index (κ3) is 7.27. The highest BCUT2D eigenvalue weighted by atomic mass is 35.5. The van der Waals surface area contributed by atoms with Gasteiger partial charge >= 0.3 is 0 Å². The number of carbonyl (C=O) groups excluding carboxylic acids is 1. The molecule has 5 nitrogen and oxygen atoms in total. The van der Waals surface area contributed by atoms with Crippen LogP contribution >= 0.6 is 23.2 Å². The fourth-order valence-electron chi connectivity index (χ4n) is 4.69. The fourth-order valence-corrected chi connectivity index (χ4v) is 4.99. The van der Waals surface area contributed by atoms with Crippen LogP contribution in [-0.2, 0) is 4.79 Å². The average Bonchev–Trinajstić information content (AvgIpc) is 2.83. The van der Waals surface area contributed by atoms with Crippen LogP contribution in [0.3, 0.4) is 0 Å². The van der Waals surface area contributed by atoms with E-state index in [4.69, 9.17) is 23.2 Å². The molecule has 2 saturated heterocycles. The van der Waals surface area contributed by atoms with Crippen LogP contribution in [0.25, 0.3) is 0 Å². The molecule has 0 spiro atoms. The maximum absolute atomic E-state index is 12.7. The zero-order chi connectivity index (χ0) is 23.2. The lowest BCUT2D eigenvalue weighted by Gasteiger charge is -2.36. The maximum atomic E-state index is 12.7. The minimum atomic E-state index is 0. The highest BCUT2D eigenvalue weighted by Crippen LogP contribution is 2.26. The highest BCUT2D eigenvalue weighted by Gasteiger charge is 2.23. The summed E-state index contributed by atoms with van der Waals surface area (Å²) in [6, 6.07) is 14.8. The SMILES string of the molecule is C.Cc1ccc(N2CCN(CCCC(=O)N3CCC(Nc4ccc(Cl)c(Cl)c4)CC3)CC2)cc1. The van der Waals surface area contributed by atoms with Gasteiger partial charge in [0, 0.05) is 63.1 Å². The zero-order valence-electron chi connectivity index (χ0n) is 19.4. The van der Waals surface area contributed by atoms with E-state index in [2.05, 4.69) is 46.3 Å². The summed E-state index contributed by atoms with van der Waals surface area (Å²) in [6.07, 6.45) is 3.48. The van der Waals surface area contributed by atoms with Crippen molar-refractivity contribution in [2.75, 3.05) is 56.0 Å². The molecule has 1 amide bonds. The maximum Gasteiger partial charge on any atom is 0.222 e. The number of carbonyl (C=O) groups is 1. The first-order chi connectivity index (χ1) is 16.0. The van der Waals surface area contributed by atoms with E-state index in [1.165, 1.54) is 11.3 Å². The van der Waals surface area contributed by atoms with Crippen molar-refractivity contribution < 1.29 is 4.79 Å². The summed E-state index contributed by atoms with van der Waals surface area (Å²) in [6.45, 7) is 8.98. The van der Waals surface area contributed by atoms with Crippen LogP contribution in [-0.4, -0.2) is 67.6 Å². The summed E-state index contributed by atoms with van der Waals surface area (Å²) in [5.74, 6) is 0.293. The van der Waals surface area contributed by atoms with E-state index < -0.39 is 0 Å². The number of hydrogen-bond donors (Lipinski definition) is 1. The molecule has 2 aromatic rings. The molecule has 0 aromatic heterocycles. The number of piperazine rings is 1. The summed E-state index contributed by atoms with van der Waals surface area (Å²) in [5, 5.41) is 4.65. The first kappa shape index (κ1) is 26.7. The topological polar surface area (TPSA) is 38.8 Å². The van der Waals surface area contributed by atoms with Crippen LogP contribution in [0, 0.1) is 6.92 Å². The Bertz CT molecular complexity index is 921. The van der Waals surface area contributed by atoms with Gasteiger partial charge < -0.3 is 15.1 Å². The van der Waals surface area contributed by atoms with Crippen molar-refractivity contribution in [2.24, 2.45) is 0 Å². The molecule has 0 radical (unpaired) electrons. The molecule has 0 saturated carbocycles. The molecule has 2 aliphatic heterocycles. The lowest BCUT2D eigenvalue weighted by molar-refractivity contribution is -0.132. The molecule has 4 rings (SSSR count). The van der Waals surface area contributed by atoms with Crippen molar-refractivity contribution in [2.45, 2.75) is 46.1 Å². The van der Waals surface area contributed by atoms with Crippen molar-refractivity contribution in [1.82, 2.24) is 9.80 Å². The molecule has 0 unspecified atom stereocenters. The van der Waals surface area contributed by atoms with Gasteiger partial charge in [0.05, 0.1) is 10.0 Å². The molecular weight excluding hydrogens is 467 g/mol. The number of piperidine rings is 1. The van der Waals surface area contributed by atoms with Gasteiger partial charge in [0.15, 0.2) is 0 Å². The van der Waals surface area contributed by atoms with Gasteiger partial charge in [-0.1, -0.05) is 48.3 Å². The molecular formula is C27H38Cl2N4O. The Kier molecular flexibility index (Phi) is 9.93. The molecule has 186 valence electrons. The van der Waals surface area contributed by atoms with Crippen LogP contribution in [0.1, 0.15) is 38.7 Å². The summed E-state index contributed by atoms with van der Waals surface area (Å²) in [5.41, 5.74) is 3.60. The molecule has 34 heavy (non-hydrogen) atoms. The number of nitrogens with one attached hydrogen (secondary N) is 1. The Morgan fingerprint density at radius 3 is 2.26 bits per heavy atom. The molecule has 2 aliphatic rings. The largest absolute Gasteiger partial charge is 0.382 e. The van der Waals surface area contributed by atoms with Crippen LogP contribution < -0.4 is 10.2 Å². The van der Waals surface area contributed by atoms with Crippen molar-refractivity contribution in [3.63, 3.8) is 0 Å². The quantitative estimate of drug-likeness (QED) is 0.505. The number of hydrogen-bond acceptors (Lipinski definition) is 4. The number of benzene rings is 2. The molecule has 0 bridgehead atoms. The Hall–Kier alpha value is -1.95. The number of amides is 1. The van der Waals surface area contributed by atoms with Gasteiger partial charge in [0.25, 0.3) is 0 Å². The normalized spacial score (nSPS) is 17.4. The van der Waals surface area contributed by atoms with E-state index in [1.54, 1.807) is 0 Å². The second-order valence-corrected chi connectivity index (χ2v) is 10.0.